The van der Waals surface area contributed by atoms with Gasteiger partial charge in [-0.15, -0.1) is 5.73 Å². The lowest BCUT2D eigenvalue weighted by Crippen LogP contribution is -2.25. The molecule has 0 saturated heterocycles. The number of rotatable bonds is 0. The molecule has 0 fully saturated rings. The van der Waals surface area contributed by atoms with Gasteiger partial charge in [-0.05, 0) is 65.7 Å². The van der Waals surface area contributed by atoms with Gasteiger partial charge in [0.05, 0.1) is 5.57 Å². The smallest absolute Gasteiger partial charge is 0.263 e. The van der Waals surface area contributed by atoms with Gasteiger partial charge in [-0.2, -0.15) is 0 Å². The maximum atomic E-state index is 12.8. The molecule has 0 spiro atoms. The zero-order valence-corrected chi connectivity index (χ0v) is 20.3. The molecule has 1 aliphatic carbocycles. The van der Waals surface area contributed by atoms with Crippen LogP contribution < -0.4 is 21.3 Å². The minimum absolute atomic E-state index is 0.259. The SMILES string of the molecule is O=C1Nc2ccc(cc2)CNC(=O)c2cccc(c2)C(=O)Nc2ccc(cc2)CNC(=O)C2=CC1=C=CC2. The maximum Gasteiger partial charge on any atom is 0.263 e. The van der Waals surface area contributed by atoms with E-state index in [9.17, 15) is 19.2 Å². The van der Waals surface area contributed by atoms with Crippen LogP contribution in [0, 0.1) is 0 Å². The number of hydrogen-bond donors (Lipinski definition) is 4. The van der Waals surface area contributed by atoms with Gasteiger partial charge in [-0.25, -0.2) is 0 Å². The number of carbonyl (C=O) groups is 4. The molecule has 4 aliphatic heterocycles. The standard InChI is InChI=1S/C30H24N4O4/c35-27-21-3-1-5-23(15-21)29(37)33-25-11-7-20(8-12-25)18-32-28(36)22-4-2-6-24(16-22)30(38)34-26-13-9-19(10-14-26)17-31-27/h1-3,5,7-16H,4,17-18H2,(H,31,35)(H,32,36)(H,33,37)(H,34,38). The van der Waals surface area contributed by atoms with Gasteiger partial charge in [0.2, 0.25) is 5.91 Å². The number of nitrogens with one attached hydrogen (secondary N) is 4. The number of anilines is 2. The highest BCUT2D eigenvalue weighted by atomic mass is 16.2. The molecule has 4 N–H and O–H groups in total. The molecule has 8 nitrogen and oxygen atoms in total. The van der Waals surface area contributed by atoms with E-state index in [0.29, 0.717) is 34.5 Å². The van der Waals surface area contributed by atoms with Gasteiger partial charge < -0.3 is 21.3 Å². The molecule has 3 aromatic carbocycles. The summed E-state index contributed by atoms with van der Waals surface area (Å²) in [5, 5.41) is 11.4. The Labute approximate surface area is 219 Å². The van der Waals surface area contributed by atoms with Crippen molar-refractivity contribution in [3.05, 3.63) is 124 Å². The summed E-state index contributed by atoms with van der Waals surface area (Å²) < 4.78 is 0. The van der Waals surface area contributed by atoms with Crippen molar-refractivity contribution in [3.8, 4) is 0 Å². The lowest BCUT2D eigenvalue weighted by Gasteiger charge is -2.12. The fourth-order valence-electron chi connectivity index (χ4n) is 4.03. The van der Waals surface area contributed by atoms with Crippen molar-refractivity contribution in [2.24, 2.45) is 0 Å². The third kappa shape index (κ3) is 5.78. The Morgan fingerprint density at radius 2 is 1.16 bits per heavy atom. The van der Waals surface area contributed by atoms with Gasteiger partial charge in [0.15, 0.2) is 0 Å². The molecule has 4 heterocycles. The van der Waals surface area contributed by atoms with Crippen molar-refractivity contribution in [1.82, 2.24) is 10.6 Å². The minimum Gasteiger partial charge on any atom is -0.348 e. The van der Waals surface area contributed by atoms with E-state index in [1.807, 2.05) is 0 Å². The monoisotopic (exact) mass is 504 g/mol. The molecule has 0 saturated carbocycles. The molecule has 188 valence electrons. The van der Waals surface area contributed by atoms with E-state index in [1.54, 1.807) is 84.9 Å². The predicted molar refractivity (Wildman–Crippen MR) is 143 cm³/mol. The number of carbonyl (C=O) groups excluding carboxylic acids is 4. The molecule has 0 atom stereocenters. The summed E-state index contributed by atoms with van der Waals surface area (Å²) in [6.07, 6.45) is 3.57. The fraction of sp³-hybridized carbons (Fsp3) is 0.100. The Hall–Kier alpha value is -5.20. The third-order valence-corrected chi connectivity index (χ3v) is 6.15. The first kappa shape index (κ1) is 24.5. The second-order valence-corrected chi connectivity index (χ2v) is 8.88. The van der Waals surface area contributed by atoms with Crippen molar-refractivity contribution in [2.45, 2.75) is 19.5 Å². The average molecular weight is 505 g/mol. The molecule has 8 rings (SSSR count). The first-order chi connectivity index (χ1) is 18.4. The summed E-state index contributed by atoms with van der Waals surface area (Å²) in [5.74, 6) is -1.30. The molecule has 0 radical (unpaired) electrons. The second-order valence-electron chi connectivity index (χ2n) is 8.88. The van der Waals surface area contributed by atoms with Crippen LogP contribution in [0.1, 0.15) is 38.3 Å². The predicted octanol–water partition coefficient (Wildman–Crippen LogP) is 3.85. The second kappa shape index (κ2) is 10.8. The first-order valence-corrected chi connectivity index (χ1v) is 12.1. The van der Waals surface area contributed by atoms with Crippen LogP contribution >= 0.6 is 0 Å². The Balaban J connectivity index is 1.41. The zero-order valence-electron chi connectivity index (χ0n) is 20.3. The Morgan fingerprint density at radius 3 is 1.79 bits per heavy atom. The summed E-state index contributed by atoms with van der Waals surface area (Å²) in [5.41, 5.74) is 7.18. The molecule has 3 aromatic rings. The summed E-state index contributed by atoms with van der Waals surface area (Å²) in [7, 11) is 0. The van der Waals surface area contributed by atoms with E-state index in [-0.39, 0.29) is 42.3 Å². The average Bonchev–Trinajstić information content (AvgIpc) is 2.95. The Morgan fingerprint density at radius 1 is 0.605 bits per heavy atom. The van der Waals surface area contributed by atoms with E-state index in [2.05, 4.69) is 27.0 Å². The molecule has 38 heavy (non-hydrogen) atoms. The highest BCUT2D eigenvalue weighted by Crippen LogP contribution is 2.17. The van der Waals surface area contributed by atoms with Gasteiger partial charge >= 0.3 is 0 Å². The zero-order chi connectivity index (χ0) is 26.5. The minimum atomic E-state index is -0.376. The van der Waals surface area contributed by atoms with Gasteiger partial charge in [0.25, 0.3) is 17.7 Å². The summed E-state index contributed by atoms with van der Waals surface area (Å²) in [6.45, 7) is 0.549. The van der Waals surface area contributed by atoms with E-state index >= 15 is 0 Å². The van der Waals surface area contributed by atoms with Crippen LogP contribution in [0.4, 0.5) is 11.4 Å². The van der Waals surface area contributed by atoms with E-state index in [0.717, 1.165) is 11.1 Å². The quantitative estimate of drug-likeness (QED) is 0.348. The van der Waals surface area contributed by atoms with Crippen molar-refractivity contribution >= 4 is 35.0 Å². The topological polar surface area (TPSA) is 116 Å². The van der Waals surface area contributed by atoms with Gasteiger partial charge in [-0.3, -0.25) is 19.2 Å². The third-order valence-electron chi connectivity index (χ3n) is 6.15. The van der Waals surface area contributed by atoms with Crippen molar-refractivity contribution in [2.75, 3.05) is 10.6 Å². The highest BCUT2D eigenvalue weighted by Gasteiger charge is 2.16. The summed E-state index contributed by atoms with van der Waals surface area (Å²) >= 11 is 0. The normalized spacial score (nSPS) is 15.9. The highest BCUT2D eigenvalue weighted by molar-refractivity contribution is 6.08. The first-order valence-electron chi connectivity index (χ1n) is 12.1. The van der Waals surface area contributed by atoms with Gasteiger partial charge in [-0.1, -0.05) is 30.3 Å². The maximum absolute atomic E-state index is 12.8. The van der Waals surface area contributed by atoms with E-state index in [4.69, 9.17) is 0 Å². The van der Waals surface area contributed by atoms with Crippen molar-refractivity contribution in [1.29, 1.82) is 0 Å². The largest absolute Gasteiger partial charge is 0.348 e. The molecule has 8 heteroatoms. The van der Waals surface area contributed by atoms with Crippen LogP contribution in [-0.4, -0.2) is 23.6 Å². The van der Waals surface area contributed by atoms with E-state index < -0.39 is 0 Å². The number of amides is 4. The lowest BCUT2D eigenvalue weighted by molar-refractivity contribution is -0.117. The molecule has 5 aliphatic rings. The number of hydrogen-bond acceptors (Lipinski definition) is 4. The van der Waals surface area contributed by atoms with Crippen LogP contribution in [0.15, 0.2) is 102 Å². The molecular weight excluding hydrogens is 480 g/mol. The molecule has 0 unspecified atom stereocenters. The van der Waals surface area contributed by atoms with Crippen LogP contribution in [-0.2, 0) is 22.7 Å². The summed E-state index contributed by atoms with van der Waals surface area (Å²) in [4.78, 5) is 51.0. The van der Waals surface area contributed by atoms with Crippen LogP contribution in [0.3, 0.4) is 0 Å². The Kier molecular flexibility index (Phi) is 6.97. The van der Waals surface area contributed by atoms with Gasteiger partial charge in [0, 0.05) is 47.6 Å². The fourth-order valence-corrected chi connectivity index (χ4v) is 4.03. The molecule has 0 aromatic heterocycles. The molecule has 4 amide bonds. The van der Waals surface area contributed by atoms with E-state index in [1.165, 1.54) is 0 Å². The number of benzene rings is 3. The van der Waals surface area contributed by atoms with Crippen LogP contribution in [0.2, 0.25) is 0 Å². The van der Waals surface area contributed by atoms with Crippen molar-refractivity contribution < 1.29 is 19.2 Å². The lowest BCUT2D eigenvalue weighted by atomic mass is 10.0. The van der Waals surface area contributed by atoms with Crippen molar-refractivity contribution in [3.63, 3.8) is 0 Å². The van der Waals surface area contributed by atoms with Crippen LogP contribution in [0.25, 0.3) is 0 Å². The molecule has 8 bridgehead atoms. The van der Waals surface area contributed by atoms with Crippen LogP contribution in [0.5, 0.6) is 0 Å². The Bertz CT molecular complexity index is 1530. The summed E-state index contributed by atoms with van der Waals surface area (Å²) in [6, 6.07) is 20.6. The van der Waals surface area contributed by atoms with Gasteiger partial charge in [0.1, 0.15) is 0 Å². The molecular formula is C30H24N4O4.